The summed E-state index contributed by atoms with van der Waals surface area (Å²) in [6.07, 6.45) is 0. The van der Waals surface area contributed by atoms with Crippen LogP contribution in [-0.4, -0.2) is 5.78 Å². The van der Waals surface area contributed by atoms with Crippen LogP contribution in [0.15, 0.2) is 42.5 Å². The van der Waals surface area contributed by atoms with E-state index in [-0.39, 0.29) is 17.0 Å². The molecule has 4 heteroatoms. The van der Waals surface area contributed by atoms with Gasteiger partial charge >= 0.3 is 0 Å². The lowest BCUT2D eigenvalue weighted by Gasteiger charge is -2.04. The van der Waals surface area contributed by atoms with Gasteiger partial charge in [0.2, 0.25) is 0 Å². The fraction of sp³-hybridized carbons (Fsp3) is 0. The summed E-state index contributed by atoms with van der Waals surface area (Å²) in [5.74, 6) is -1.01. The standard InChI is InChI=1S/C13H11FN2O/c14-12-7-10(16)5-6-11(12)13(17)8-1-3-9(15)4-2-8/h1-7H,15-16H2. The minimum Gasteiger partial charge on any atom is -0.399 e. The molecular weight excluding hydrogens is 219 g/mol. The Hall–Kier alpha value is -2.36. The lowest BCUT2D eigenvalue weighted by molar-refractivity contribution is 0.103. The molecule has 0 aliphatic heterocycles. The van der Waals surface area contributed by atoms with Crippen molar-refractivity contribution in [3.63, 3.8) is 0 Å². The molecule has 0 radical (unpaired) electrons. The maximum atomic E-state index is 13.5. The fourth-order valence-electron chi connectivity index (χ4n) is 1.51. The van der Waals surface area contributed by atoms with Crippen LogP contribution in [-0.2, 0) is 0 Å². The second kappa shape index (κ2) is 4.25. The van der Waals surface area contributed by atoms with Crippen molar-refractivity contribution in [3.05, 3.63) is 59.4 Å². The van der Waals surface area contributed by atoms with Gasteiger partial charge in [-0.15, -0.1) is 0 Å². The Morgan fingerprint density at radius 3 is 2.12 bits per heavy atom. The normalized spacial score (nSPS) is 10.2. The zero-order chi connectivity index (χ0) is 12.4. The topological polar surface area (TPSA) is 69.1 Å². The summed E-state index contributed by atoms with van der Waals surface area (Å²) in [7, 11) is 0. The van der Waals surface area contributed by atoms with E-state index < -0.39 is 5.82 Å². The van der Waals surface area contributed by atoms with Crippen LogP contribution in [0, 0.1) is 5.82 Å². The summed E-state index contributed by atoms with van der Waals surface area (Å²) >= 11 is 0. The number of ketones is 1. The van der Waals surface area contributed by atoms with Crippen LogP contribution in [0.1, 0.15) is 15.9 Å². The Bertz CT molecular complexity index is 564. The average Bonchev–Trinajstić information content (AvgIpc) is 2.29. The number of nitrogen functional groups attached to an aromatic ring is 2. The highest BCUT2D eigenvalue weighted by atomic mass is 19.1. The second-order valence-electron chi connectivity index (χ2n) is 3.69. The quantitative estimate of drug-likeness (QED) is 0.614. The lowest BCUT2D eigenvalue weighted by Crippen LogP contribution is -2.05. The number of halogens is 1. The number of hydrogen-bond acceptors (Lipinski definition) is 3. The molecule has 86 valence electrons. The number of nitrogens with two attached hydrogens (primary N) is 2. The van der Waals surface area contributed by atoms with Crippen molar-refractivity contribution >= 4 is 17.2 Å². The van der Waals surface area contributed by atoms with Crippen molar-refractivity contribution in [1.29, 1.82) is 0 Å². The summed E-state index contributed by atoms with van der Waals surface area (Å²) in [6.45, 7) is 0. The van der Waals surface area contributed by atoms with Crippen molar-refractivity contribution in [1.82, 2.24) is 0 Å². The molecule has 0 amide bonds. The van der Waals surface area contributed by atoms with Gasteiger partial charge in [-0.3, -0.25) is 4.79 Å². The van der Waals surface area contributed by atoms with Gasteiger partial charge in [-0.05, 0) is 42.5 Å². The number of anilines is 2. The molecule has 0 aromatic heterocycles. The SMILES string of the molecule is Nc1ccc(C(=O)c2ccc(N)cc2F)cc1. The molecular formula is C13H11FN2O. The molecule has 0 bridgehead atoms. The minimum atomic E-state index is -0.619. The van der Waals surface area contributed by atoms with Gasteiger partial charge in [0, 0.05) is 16.9 Å². The third kappa shape index (κ3) is 2.25. The van der Waals surface area contributed by atoms with Gasteiger partial charge < -0.3 is 11.5 Å². The minimum absolute atomic E-state index is 0.00368. The van der Waals surface area contributed by atoms with Crippen molar-refractivity contribution in [2.24, 2.45) is 0 Å². The monoisotopic (exact) mass is 230 g/mol. The molecule has 0 saturated carbocycles. The molecule has 0 heterocycles. The predicted molar refractivity (Wildman–Crippen MR) is 65.1 cm³/mol. The van der Waals surface area contributed by atoms with Gasteiger partial charge in [0.05, 0.1) is 5.56 Å². The van der Waals surface area contributed by atoms with Crippen LogP contribution < -0.4 is 11.5 Å². The maximum Gasteiger partial charge on any atom is 0.195 e. The molecule has 2 rings (SSSR count). The lowest BCUT2D eigenvalue weighted by atomic mass is 10.0. The van der Waals surface area contributed by atoms with E-state index in [0.29, 0.717) is 11.3 Å². The van der Waals surface area contributed by atoms with Crippen molar-refractivity contribution < 1.29 is 9.18 Å². The van der Waals surface area contributed by atoms with Crippen LogP contribution in [0.25, 0.3) is 0 Å². The van der Waals surface area contributed by atoms with Crippen LogP contribution in [0.2, 0.25) is 0 Å². The van der Waals surface area contributed by atoms with E-state index >= 15 is 0 Å². The number of rotatable bonds is 2. The number of hydrogen-bond donors (Lipinski definition) is 2. The molecule has 0 spiro atoms. The molecule has 0 aliphatic rings. The van der Waals surface area contributed by atoms with Crippen LogP contribution in [0.3, 0.4) is 0 Å². The third-order valence-electron chi connectivity index (χ3n) is 2.41. The van der Waals surface area contributed by atoms with Crippen molar-refractivity contribution in [3.8, 4) is 0 Å². The Kier molecular flexibility index (Phi) is 2.78. The first kappa shape index (κ1) is 11.1. The summed E-state index contributed by atoms with van der Waals surface area (Å²) in [4.78, 5) is 12.0. The molecule has 2 aromatic carbocycles. The Morgan fingerprint density at radius 2 is 1.53 bits per heavy atom. The van der Waals surface area contributed by atoms with Crippen LogP contribution in [0.5, 0.6) is 0 Å². The first-order valence-electron chi connectivity index (χ1n) is 5.03. The van der Waals surface area contributed by atoms with E-state index in [0.717, 1.165) is 6.07 Å². The van der Waals surface area contributed by atoms with E-state index in [9.17, 15) is 9.18 Å². The van der Waals surface area contributed by atoms with Gasteiger partial charge in [0.25, 0.3) is 0 Å². The van der Waals surface area contributed by atoms with Gasteiger partial charge in [0.15, 0.2) is 5.78 Å². The van der Waals surface area contributed by atoms with Crippen molar-refractivity contribution in [2.45, 2.75) is 0 Å². The van der Waals surface area contributed by atoms with Gasteiger partial charge in [-0.25, -0.2) is 4.39 Å². The maximum absolute atomic E-state index is 13.5. The Morgan fingerprint density at radius 1 is 0.941 bits per heavy atom. The molecule has 0 aliphatic carbocycles. The Balaban J connectivity index is 2.40. The first-order chi connectivity index (χ1) is 8.08. The van der Waals surface area contributed by atoms with Gasteiger partial charge in [0.1, 0.15) is 5.82 Å². The second-order valence-corrected chi connectivity index (χ2v) is 3.69. The summed E-state index contributed by atoms with van der Waals surface area (Å²) in [5, 5.41) is 0. The zero-order valence-electron chi connectivity index (χ0n) is 8.98. The van der Waals surface area contributed by atoms with Gasteiger partial charge in [-0.1, -0.05) is 0 Å². The third-order valence-corrected chi connectivity index (χ3v) is 2.41. The largest absolute Gasteiger partial charge is 0.399 e. The van der Waals surface area contributed by atoms with E-state index in [1.165, 1.54) is 12.1 Å². The molecule has 0 unspecified atom stereocenters. The highest BCUT2D eigenvalue weighted by Gasteiger charge is 2.13. The average molecular weight is 230 g/mol. The van der Waals surface area contributed by atoms with E-state index in [1.54, 1.807) is 24.3 Å². The number of carbonyl (C=O) groups excluding carboxylic acids is 1. The molecule has 17 heavy (non-hydrogen) atoms. The fourth-order valence-corrected chi connectivity index (χ4v) is 1.51. The van der Waals surface area contributed by atoms with Crippen LogP contribution >= 0.6 is 0 Å². The summed E-state index contributed by atoms with van der Waals surface area (Å²) in [6, 6.07) is 10.3. The van der Waals surface area contributed by atoms with Crippen molar-refractivity contribution in [2.75, 3.05) is 11.5 Å². The molecule has 3 nitrogen and oxygen atoms in total. The molecule has 2 aromatic rings. The summed E-state index contributed by atoms with van der Waals surface area (Å²) < 4.78 is 13.5. The van der Waals surface area contributed by atoms with Crippen LogP contribution in [0.4, 0.5) is 15.8 Å². The summed E-state index contributed by atoms with van der Waals surface area (Å²) in [5.41, 5.74) is 12.2. The molecule has 0 saturated heterocycles. The highest BCUT2D eigenvalue weighted by molar-refractivity contribution is 6.09. The zero-order valence-corrected chi connectivity index (χ0v) is 8.98. The molecule has 4 N–H and O–H groups in total. The first-order valence-corrected chi connectivity index (χ1v) is 5.03. The van der Waals surface area contributed by atoms with Gasteiger partial charge in [-0.2, -0.15) is 0 Å². The Labute approximate surface area is 97.9 Å². The molecule has 0 fully saturated rings. The van der Waals surface area contributed by atoms with E-state index in [1.807, 2.05) is 0 Å². The molecule has 0 atom stereocenters. The van der Waals surface area contributed by atoms with E-state index in [2.05, 4.69) is 0 Å². The smallest absolute Gasteiger partial charge is 0.195 e. The highest BCUT2D eigenvalue weighted by Crippen LogP contribution is 2.17. The number of benzene rings is 2. The number of carbonyl (C=O) groups is 1. The predicted octanol–water partition coefficient (Wildman–Crippen LogP) is 2.22. The van der Waals surface area contributed by atoms with E-state index in [4.69, 9.17) is 11.5 Å².